The lowest BCUT2D eigenvalue weighted by Crippen LogP contribution is -2.47. The predicted molar refractivity (Wildman–Crippen MR) is 139 cm³/mol. The number of carbonyl (C=O) groups is 1. The average molecular weight is 475 g/mol. The Kier molecular flexibility index (Phi) is 11.7. The Hall–Kier alpha value is -0.176. The molecule has 0 fully saturated rings. The SMILES string of the molecule is CC[Si](CC)(CC)O[C@@H](C[C@@H](C)C[C@H](O[Si](C)(C)C(C)(C)C)[C@H](C)C(=O)O)C(C)(C)C. The first-order valence-electron chi connectivity index (χ1n) is 12.4. The lowest BCUT2D eigenvalue weighted by Gasteiger charge is -2.43. The molecule has 0 radical (unpaired) electrons. The van der Waals surface area contributed by atoms with Crippen LogP contribution in [0.25, 0.3) is 0 Å². The summed E-state index contributed by atoms with van der Waals surface area (Å²) < 4.78 is 13.6. The molecule has 0 bridgehead atoms. The van der Waals surface area contributed by atoms with Gasteiger partial charge in [-0.05, 0) is 67.4 Å². The van der Waals surface area contributed by atoms with E-state index in [1.54, 1.807) is 6.92 Å². The maximum Gasteiger partial charge on any atom is 0.308 e. The number of hydrogen-bond donors (Lipinski definition) is 1. The zero-order valence-electron chi connectivity index (χ0n) is 23.0. The van der Waals surface area contributed by atoms with Crippen LogP contribution >= 0.6 is 0 Å². The predicted octanol–water partition coefficient (Wildman–Crippen LogP) is 7.95. The minimum Gasteiger partial charge on any atom is -0.481 e. The van der Waals surface area contributed by atoms with Crippen molar-refractivity contribution < 1.29 is 18.8 Å². The van der Waals surface area contributed by atoms with Gasteiger partial charge in [0.1, 0.15) is 0 Å². The third kappa shape index (κ3) is 9.30. The Labute approximate surface area is 196 Å². The summed E-state index contributed by atoms with van der Waals surface area (Å²) in [5.74, 6) is -0.951. The lowest BCUT2D eigenvalue weighted by atomic mass is 9.82. The fraction of sp³-hybridized carbons (Fsp3) is 0.960. The lowest BCUT2D eigenvalue weighted by molar-refractivity contribution is -0.144. The Balaban J connectivity index is 5.63. The van der Waals surface area contributed by atoms with E-state index in [0.717, 1.165) is 31.0 Å². The first-order valence-corrected chi connectivity index (χ1v) is 17.9. The topological polar surface area (TPSA) is 55.8 Å². The maximum absolute atomic E-state index is 11.9. The van der Waals surface area contributed by atoms with Gasteiger partial charge in [-0.1, -0.05) is 69.2 Å². The summed E-state index contributed by atoms with van der Waals surface area (Å²) in [4.78, 5) is 11.9. The normalized spacial score (nSPS) is 17.8. The molecular weight excluding hydrogens is 420 g/mol. The second-order valence-corrected chi connectivity index (χ2v) is 21.8. The van der Waals surface area contributed by atoms with Crippen LogP contribution in [0.4, 0.5) is 0 Å². The minimum atomic E-state index is -2.06. The molecule has 0 aromatic heterocycles. The van der Waals surface area contributed by atoms with Gasteiger partial charge in [-0.2, -0.15) is 0 Å². The van der Waals surface area contributed by atoms with Crippen molar-refractivity contribution in [3.05, 3.63) is 0 Å². The molecule has 0 aliphatic heterocycles. The van der Waals surface area contributed by atoms with E-state index in [4.69, 9.17) is 8.85 Å². The molecule has 0 spiro atoms. The first-order chi connectivity index (χ1) is 13.9. The van der Waals surface area contributed by atoms with Crippen molar-refractivity contribution in [2.45, 2.75) is 137 Å². The van der Waals surface area contributed by atoms with Crippen molar-refractivity contribution in [2.75, 3.05) is 0 Å². The molecule has 0 amide bonds. The first kappa shape index (κ1) is 30.8. The number of aliphatic carboxylic acids is 1. The van der Waals surface area contributed by atoms with Crippen LogP contribution in [0.1, 0.15) is 89.0 Å². The van der Waals surface area contributed by atoms with Crippen LogP contribution in [0, 0.1) is 17.3 Å². The Bertz CT molecular complexity index is 536. The van der Waals surface area contributed by atoms with Gasteiger partial charge in [-0.25, -0.2) is 0 Å². The van der Waals surface area contributed by atoms with Crippen LogP contribution in [0.2, 0.25) is 36.3 Å². The van der Waals surface area contributed by atoms with E-state index >= 15 is 0 Å². The molecule has 0 heterocycles. The van der Waals surface area contributed by atoms with Gasteiger partial charge in [-0.3, -0.25) is 4.79 Å². The summed E-state index contributed by atoms with van der Waals surface area (Å²) in [5, 5.41) is 9.79. The second kappa shape index (κ2) is 11.8. The largest absolute Gasteiger partial charge is 0.481 e. The van der Waals surface area contributed by atoms with Crippen molar-refractivity contribution in [3.8, 4) is 0 Å². The third-order valence-electron chi connectivity index (χ3n) is 7.74. The van der Waals surface area contributed by atoms with E-state index in [1.807, 2.05) is 0 Å². The molecule has 0 rings (SSSR count). The molecule has 31 heavy (non-hydrogen) atoms. The van der Waals surface area contributed by atoms with Crippen LogP contribution < -0.4 is 0 Å². The van der Waals surface area contributed by atoms with Crippen LogP contribution in [0.3, 0.4) is 0 Å². The molecule has 4 nitrogen and oxygen atoms in total. The molecule has 1 N–H and O–H groups in total. The zero-order valence-corrected chi connectivity index (χ0v) is 25.0. The molecular formula is C25H54O4Si2. The zero-order chi connectivity index (χ0) is 24.8. The van der Waals surface area contributed by atoms with E-state index < -0.39 is 28.5 Å². The molecule has 0 aliphatic carbocycles. The van der Waals surface area contributed by atoms with Crippen LogP contribution in [-0.4, -0.2) is 39.9 Å². The third-order valence-corrected chi connectivity index (χ3v) is 16.9. The van der Waals surface area contributed by atoms with E-state index in [1.165, 1.54) is 0 Å². The van der Waals surface area contributed by atoms with E-state index in [-0.39, 0.29) is 22.7 Å². The van der Waals surface area contributed by atoms with Crippen LogP contribution in [-0.2, 0) is 13.6 Å². The molecule has 0 unspecified atom stereocenters. The standard InChI is InChI=1S/C25H54O4Si2/c1-14-31(15-2,16-3)29-22(24(6,7)8)18-19(4)17-21(20(5)23(26)27)28-30(12,13)25(9,10)11/h19-22H,14-18H2,1-13H3,(H,26,27)/t19-,20-,21-,22-/m0/s1. The van der Waals surface area contributed by atoms with Crippen molar-refractivity contribution in [1.29, 1.82) is 0 Å². The van der Waals surface area contributed by atoms with E-state index in [9.17, 15) is 9.90 Å². The maximum atomic E-state index is 11.9. The molecule has 0 aromatic rings. The van der Waals surface area contributed by atoms with Gasteiger partial charge in [0.25, 0.3) is 0 Å². The number of carboxylic acid groups (broad SMARTS) is 1. The number of carboxylic acids is 1. The summed E-state index contributed by atoms with van der Waals surface area (Å²) in [6.07, 6.45) is 1.62. The fourth-order valence-electron chi connectivity index (χ4n) is 3.81. The summed E-state index contributed by atoms with van der Waals surface area (Å²) in [6, 6.07) is 3.44. The molecule has 0 saturated carbocycles. The van der Waals surface area contributed by atoms with Gasteiger partial charge in [0.05, 0.1) is 18.1 Å². The van der Waals surface area contributed by atoms with Crippen LogP contribution in [0.15, 0.2) is 0 Å². The quantitative estimate of drug-likeness (QED) is 0.275. The van der Waals surface area contributed by atoms with Gasteiger partial charge in [0.15, 0.2) is 16.6 Å². The molecule has 4 atom stereocenters. The van der Waals surface area contributed by atoms with Gasteiger partial charge in [-0.15, -0.1) is 0 Å². The van der Waals surface area contributed by atoms with Gasteiger partial charge in [0.2, 0.25) is 0 Å². The second-order valence-electron chi connectivity index (χ2n) is 12.3. The highest BCUT2D eigenvalue weighted by molar-refractivity contribution is 6.74. The van der Waals surface area contributed by atoms with E-state index in [0.29, 0.717) is 5.92 Å². The highest BCUT2D eigenvalue weighted by Crippen LogP contribution is 2.40. The van der Waals surface area contributed by atoms with Crippen molar-refractivity contribution in [1.82, 2.24) is 0 Å². The molecule has 0 aromatic carbocycles. The molecule has 186 valence electrons. The van der Waals surface area contributed by atoms with E-state index in [2.05, 4.69) is 82.3 Å². The summed E-state index contributed by atoms with van der Waals surface area (Å²) in [6.45, 7) is 28.7. The number of hydrogen-bond acceptors (Lipinski definition) is 3. The monoisotopic (exact) mass is 474 g/mol. The molecule has 6 heteroatoms. The Morgan fingerprint density at radius 1 is 0.871 bits per heavy atom. The number of rotatable bonds is 13. The van der Waals surface area contributed by atoms with Crippen molar-refractivity contribution >= 4 is 22.6 Å². The van der Waals surface area contributed by atoms with Crippen LogP contribution in [0.5, 0.6) is 0 Å². The van der Waals surface area contributed by atoms with Crippen molar-refractivity contribution in [3.63, 3.8) is 0 Å². The fourth-order valence-corrected chi connectivity index (χ4v) is 8.27. The highest BCUT2D eigenvalue weighted by atomic mass is 28.4. The van der Waals surface area contributed by atoms with Gasteiger partial charge < -0.3 is 14.0 Å². The Morgan fingerprint density at radius 2 is 1.32 bits per heavy atom. The minimum absolute atomic E-state index is 0.0539. The molecule has 0 aliphatic rings. The summed E-state index contributed by atoms with van der Waals surface area (Å²) in [5.41, 5.74) is 0.0558. The van der Waals surface area contributed by atoms with Gasteiger partial charge >= 0.3 is 5.97 Å². The van der Waals surface area contributed by atoms with Gasteiger partial charge in [0, 0.05) is 0 Å². The average Bonchev–Trinajstić information content (AvgIpc) is 2.62. The van der Waals surface area contributed by atoms with Crippen molar-refractivity contribution in [2.24, 2.45) is 17.3 Å². The summed E-state index contributed by atoms with van der Waals surface area (Å²) >= 11 is 0. The Morgan fingerprint density at radius 3 is 1.65 bits per heavy atom. The summed E-state index contributed by atoms with van der Waals surface area (Å²) in [7, 11) is -3.78. The highest BCUT2D eigenvalue weighted by Gasteiger charge is 2.42. The smallest absolute Gasteiger partial charge is 0.308 e. The molecule has 0 saturated heterocycles.